The summed E-state index contributed by atoms with van der Waals surface area (Å²) < 4.78 is 19.4. The van der Waals surface area contributed by atoms with Crippen LogP contribution in [-0.4, -0.2) is 33.5 Å². The monoisotopic (exact) mass is 356 g/mol. The third kappa shape index (κ3) is 3.80. The number of aromatic nitrogens is 2. The van der Waals surface area contributed by atoms with E-state index < -0.39 is 5.91 Å². The van der Waals surface area contributed by atoms with Crippen LogP contribution in [0.15, 0.2) is 53.1 Å². The summed E-state index contributed by atoms with van der Waals surface area (Å²) in [7, 11) is 3.25. The number of aryl methyl sites for hydroxylation is 1. The largest absolute Gasteiger partial charge is 0.459 e. The summed E-state index contributed by atoms with van der Waals surface area (Å²) >= 11 is 0. The Morgan fingerprint density at radius 2 is 2.00 bits per heavy atom. The number of hydrogen-bond donors (Lipinski definition) is 1. The van der Waals surface area contributed by atoms with Gasteiger partial charge in [0.2, 0.25) is 0 Å². The highest BCUT2D eigenvalue weighted by molar-refractivity contribution is 6.02. The van der Waals surface area contributed by atoms with Crippen molar-refractivity contribution in [3.63, 3.8) is 0 Å². The third-order valence-electron chi connectivity index (χ3n) is 3.77. The van der Waals surface area contributed by atoms with Gasteiger partial charge in [0, 0.05) is 26.7 Å². The second-order valence-electron chi connectivity index (χ2n) is 5.76. The maximum Gasteiger partial charge on any atom is 0.292 e. The van der Waals surface area contributed by atoms with Gasteiger partial charge in [-0.05, 0) is 29.8 Å². The lowest BCUT2D eigenvalue weighted by atomic mass is 10.2. The molecule has 0 spiro atoms. The lowest BCUT2D eigenvalue weighted by Gasteiger charge is -2.15. The predicted octanol–water partition coefficient (Wildman–Crippen LogP) is 2.68. The Balaban J connectivity index is 1.69. The van der Waals surface area contributed by atoms with Crippen LogP contribution >= 0.6 is 0 Å². The maximum absolute atomic E-state index is 13.0. The fourth-order valence-corrected chi connectivity index (χ4v) is 2.41. The van der Waals surface area contributed by atoms with Crippen LogP contribution in [0.2, 0.25) is 0 Å². The van der Waals surface area contributed by atoms with Crippen LogP contribution in [0.25, 0.3) is 0 Å². The van der Waals surface area contributed by atoms with E-state index in [4.69, 9.17) is 4.42 Å². The quantitative estimate of drug-likeness (QED) is 0.762. The number of anilines is 1. The Kier molecular flexibility index (Phi) is 4.83. The van der Waals surface area contributed by atoms with E-state index in [2.05, 4.69) is 10.4 Å². The van der Waals surface area contributed by atoms with Gasteiger partial charge in [-0.15, -0.1) is 0 Å². The smallest absolute Gasteiger partial charge is 0.292 e. The second-order valence-corrected chi connectivity index (χ2v) is 5.76. The van der Waals surface area contributed by atoms with Gasteiger partial charge in [0.05, 0.1) is 6.26 Å². The highest BCUT2D eigenvalue weighted by Gasteiger charge is 2.19. The number of rotatable bonds is 5. The van der Waals surface area contributed by atoms with Crippen LogP contribution < -0.4 is 5.32 Å². The molecule has 0 saturated carbocycles. The Morgan fingerprint density at radius 3 is 2.65 bits per heavy atom. The van der Waals surface area contributed by atoms with Gasteiger partial charge in [0.1, 0.15) is 11.6 Å². The average Bonchev–Trinajstić information content (AvgIpc) is 3.27. The molecule has 0 aliphatic rings. The molecule has 3 aromatic rings. The molecular formula is C18H17FN4O3. The van der Waals surface area contributed by atoms with Crippen molar-refractivity contribution in [3.05, 3.63) is 71.6 Å². The van der Waals surface area contributed by atoms with E-state index in [0.29, 0.717) is 12.4 Å². The van der Waals surface area contributed by atoms with Gasteiger partial charge in [-0.25, -0.2) is 4.39 Å². The number of carbonyl (C=O) groups excluding carboxylic acids is 2. The third-order valence-corrected chi connectivity index (χ3v) is 3.77. The molecule has 134 valence electrons. The SMILES string of the molecule is CN(Cc1ccc(F)cc1)C(=O)c1cc(NC(=O)c2ccco2)n(C)n1. The molecule has 0 fully saturated rings. The number of hydrogen-bond acceptors (Lipinski definition) is 4. The van der Waals surface area contributed by atoms with Crippen molar-refractivity contribution >= 4 is 17.6 Å². The fourth-order valence-electron chi connectivity index (χ4n) is 2.41. The number of furan rings is 1. The lowest BCUT2D eigenvalue weighted by Crippen LogP contribution is -2.26. The molecule has 1 N–H and O–H groups in total. The molecule has 2 amide bonds. The first-order chi connectivity index (χ1) is 12.4. The normalized spacial score (nSPS) is 10.6. The minimum atomic E-state index is -0.434. The summed E-state index contributed by atoms with van der Waals surface area (Å²) in [6, 6.07) is 10.6. The fraction of sp³-hybridized carbons (Fsp3) is 0.167. The molecular weight excluding hydrogens is 339 g/mol. The highest BCUT2D eigenvalue weighted by atomic mass is 19.1. The van der Waals surface area contributed by atoms with Crippen molar-refractivity contribution in [2.45, 2.75) is 6.54 Å². The van der Waals surface area contributed by atoms with E-state index in [9.17, 15) is 14.0 Å². The Bertz CT molecular complexity index is 917. The molecule has 2 heterocycles. The molecule has 0 radical (unpaired) electrons. The van der Waals surface area contributed by atoms with Crippen molar-refractivity contribution < 1.29 is 18.4 Å². The van der Waals surface area contributed by atoms with Gasteiger partial charge in [-0.3, -0.25) is 14.3 Å². The summed E-state index contributed by atoms with van der Waals surface area (Å²) in [4.78, 5) is 26.0. The van der Waals surface area contributed by atoms with Crippen LogP contribution in [0, 0.1) is 5.82 Å². The van der Waals surface area contributed by atoms with E-state index in [1.165, 1.54) is 40.1 Å². The van der Waals surface area contributed by atoms with E-state index >= 15 is 0 Å². The highest BCUT2D eigenvalue weighted by Crippen LogP contribution is 2.14. The van der Waals surface area contributed by atoms with E-state index in [1.54, 1.807) is 32.3 Å². The molecule has 0 saturated heterocycles. The maximum atomic E-state index is 13.0. The number of benzene rings is 1. The van der Waals surface area contributed by atoms with Crippen LogP contribution in [0.4, 0.5) is 10.2 Å². The van der Waals surface area contributed by atoms with E-state index in [-0.39, 0.29) is 23.2 Å². The first-order valence-corrected chi connectivity index (χ1v) is 7.83. The van der Waals surface area contributed by atoms with Gasteiger partial charge in [-0.1, -0.05) is 12.1 Å². The first-order valence-electron chi connectivity index (χ1n) is 7.83. The number of nitrogens with one attached hydrogen (secondary N) is 1. The average molecular weight is 356 g/mol. The molecule has 8 heteroatoms. The molecule has 0 bridgehead atoms. The number of nitrogens with zero attached hydrogens (tertiary/aromatic N) is 3. The van der Waals surface area contributed by atoms with Crippen LogP contribution in [-0.2, 0) is 13.6 Å². The number of carbonyl (C=O) groups is 2. The summed E-state index contributed by atoms with van der Waals surface area (Å²) in [5.74, 6) is -0.554. The van der Waals surface area contributed by atoms with Gasteiger partial charge in [0.15, 0.2) is 11.5 Å². The van der Waals surface area contributed by atoms with Gasteiger partial charge in [-0.2, -0.15) is 5.10 Å². The Morgan fingerprint density at radius 1 is 1.27 bits per heavy atom. The van der Waals surface area contributed by atoms with Crippen molar-refractivity contribution in [2.24, 2.45) is 7.05 Å². The molecule has 1 aromatic carbocycles. The number of amides is 2. The van der Waals surface area contributed by atoms with E-state index in [1.807, 2.05) is 0 Å². The molecule has 0 atom stereocenters. The van der Waals surface area contributed by atoms with Crippen molar-refractivity contribution in [3.8, 4) is 0 Å². The van der Waals surface area contributed by atoms with Crippen molar-refractivity contribution in [2.75, 3.05) is 12.4 Å². The molecule has 0 unspecified atom stereocenters. The Labute approximate surface area is 149 Å². The lowest BCUT2D eigenvalue weighted by molar-refractivity contribution is 0.0778. The standard InChI is InChI=1S/C18H17FN4O3/c1-22(11-12-5-7-13(19)8-6-12)18(25)14-10-16(23(2)21-14)20-17(24)15-4-3-9-26-15/h3-10H,11H2,1-2H3,(H,20,24). The summed E-state index contributed by atoms with van der Waals surface area (Å²) in [5.41, 5.74) is 0.983. The zero-order valence-corrected chi connectivity index (χ0v) is 14.3. The molecule has 26 heavy (non-hydrogen) atoms. The summed E-state index contributed by atoms with van der Waals surface area (Å²) in [6.07, 6.45) is 1.40. The molecule has 0 aliphatic heterocycles. The molecule has 3 rings (SSSR count). The van der Waals surface area contributed by atoms with Gasteiger partial charge < -0.3 is 14.6 Å². The van der Waals surface area contributed by atoms with Crippen LogP contribution in [0.5, 0.6) is 0 Å². The van der Waals surface area contributed by atoms with Crippen molar-refractivity contribution in [1.82, 2.24) is 14.7 Å². The van der Waals surface area contributed by atoms with Crippen molar-refractivity contribution in [1.29, 1.82) is 0 Å². The van der Waals surface area contributed by atoms with E-state index in [0.717, 1.165) is 5.56 Å². The zero-order chi connectivity index (χ0) is 18.7. The first kappa shape index (κ1) is 17.4. The predicted molar refractivity (Wildman–Crippen MR) is 92.1 cm³/mol. The van der Waals surface area contributed by atoms with Gasteiger partial charge in [0.25, 0.3) is 11.8 Å². The minimum Gasteiger partial charge on any atom is -0.459 e. The number of halogens is 1. The topological polar surface area (TPSA) is 80.4 Å². The van der Waals surface area contributed by atoms with Crippen LogP contribution in [0.1, 0.15) is 26.6 Å². The van der Waals surface area contributed by atoms with Gasteiger partial charge >= 0.3 is 0 Å². The Hall–Kier alpha value is -3.42. The molecule has 7 nitrogen and oxygen atoms in total. The minimum absolute atomic E-state index is 0.160. The molecule has 0 aliphatic carbocycles. The summed E-state index contributed by atoms with van der Waals surface area (Å²) in [5, 5.41) is 6.78. The zero-order valence-electron chi connectivity index (χ0n) is 14.3. The second kappa shape index (κ2) is 7.22. The molecule has 2 aromatic heterocycles. The van der Waals surface area contributed by atoms with Crippen LogP contribution in [0.3, 0.4) is 0 Å². The summed E-state index contributed by atoms with van der Waals surface area (Å²) in [6.45, 7) is 0.309.